The molecule has 1 saturated heterocycles. The average Bonchev–Trinajstić information content (AvgIpc) is 2.37. The lowest BCUT2D eigenvalue weighted by Gasteiger charge is -2.22. The summed E-state index contributed by atoms with van der Waals surface area (Å²) in [5, 5.41) is 5.53. The minimum Gasteiger partial charge on any atom is -0.323 e. The molecule has 98 valence electrons. The van der Waals surface area contributed by atoms with Gasteiger partial charge in [0, 0.05) is 12.6 Å². The fourth-order valence-corrected chi connectivity index (χ4v) is 2.24. The number of carbonyl (C=O) groups is 1. The average molecular weight is 319 g/mol. The van der Waals surface area contributed by atoms with Crippen LogP contribution in [0.5, 0.6) is 0 Å². The van der Waals surface area contributed by atoms with Gasteiger partial charge in [-0.2, -0.15) is 0 Å². The van der Waals surface area contributed by atoms with Crippen molar-refractivity contribution < 1.29 is 13.6 Å². The molecule has 0 unspecified atom stereocenters. The van der Waals surface area contributed by atoms with Crippen molar-refractivity contribution in [3.63, 3.8) is 0 Å². The maximum Gasteiger partial charge on any atom is 0.228 e. The van der Waals surface area contributed by atoms with E-state index >= 15 is 0 Å². The van der Waals surface area contributed by atoms with Gasteiger partial charge >= 0.3 is 0 Å². The number of benzene rings is 1. The Balaban J connectivity index is 2.08. The van der Waals surface area contributed by atoms with E-state index in [0.717, 1.165) is 31.5 Å². The molecule has 1 aliphatic rings. The SMILES string of the molecule is O=C(Nc1cc(F)c(Br)cc1F)[C@@H]1CCCNC1. The third-order valence-corrected chi connectivity index (χ3v) is 3.54. The topological polar surface area (TPSA) is 41.1 Å². The molecule has 1 aromatic rings. The van der Waals surface area contributed by atoms with Crippen LogP contribution in [-0.4, -0.2) is 19.0 Å². The summed E-state index contributed by atoms with van der Waals surface area (Å²) < 4.78 is 26.8. The Morgan fingerprint density at radius 3 is 2.83 bits per heavy atom. The number of rotatable bonds is 2. The second-order valence-electron chi connectivity index (χ2n) is 4.28. The lowest BCUT2D eigenvalue weighted by Crippen LogP contribution is -2.37. The Morgan fingerprint density at radius 1 is 1.39 bits per heavy atom. The number of carbonyl (C=O) groups excluding carboxylic acids is 1. The van der Waals surface area contributed by atoms with Crippen molar-refractivity contribution in [2.24, 2.45) is 5.92 Å². The van der Waals surface area contributed by atoms with Gasteiger partial charge in [-0.15, -0.1) is 0 Å². The predicted octanol–water partition coefficient (Wildman–Crippen LogP) is 2.67. The van der Waals surface area contributed by atoms with Gasteiger partial charge in [-0.3, -0.25) is 4.79 Å². The van der Waals surface area contributed by atoms with E-state index in [4.69, 9.17) is 0 Å². The molecule has 0 aliphatic carbocycles. The molecule has 1 fully saturated rings. The van der Waals surface area contributed by atoms with Crippen molar-refractivity contribution in [1.82, 2.24) is 5.32 Å². The van der Waals surface area contributed by atoms with E-state index in [9.17, 15) is 13.6 Å². The van der Waals surface area contributed by atoms with Crippen molar-refractivity contribution >= 4 is 27.5 Å². The molecule has 2 N–H and O–H groups in total. The van der Waals surface area contributed by atoms with Crippen LogP contribution in [0.25, 0.3) is 0 Å². The summed E-state index contributed by atoms with van der Waals surface area (Å²) >= 11 is 2.89. The van der Waals surface area contributed by atoms with Crippen LogP contribution in [0.15, 0.2) is 16.6 Å². The standard InChI is InChI=1S/C12H13BrF2N2O/c13-8-4-10(15)11(5-9(8)14)17-12(18)7-2-1-3-16-6-7/h4-5,7,16H,1-3,6H2,(H,17,18)/t7-/m1/s1. The van der Waals surface area contributed by atoms with E-state index in [-0.39, 0.29) is 22.0 Å². The highest BCUT2D eigenvalue weighted by atomic mass is 79.9. The first kappa shape index (κ1) is 13.4. The summed E-state index contributed by atoms with van der Waals surface area (Å²) in [5.41, 5.74) is -0.119. The van der Waals surface area contributed by atoms with Gasteiger partial charge in [0.1, 0.15) is 11.6 Å². The Morgan fingerprint density at radius 2 is 2.17 bits per heavy atom. The largest absolute Gasteiger partial charge is 0.323 e. The maximum absolute atomic E-state index is 13.5. The molecule has 1 atom stereocenters. The summed E-state index contributed by atoms with van der Waals surface area (Å²) in [7, 11) is 0. The van der Waals surface area contributed by atoms with Gasteiger partial charge in [-0.1, -0.05) is 0 Å². The van der Waals surface area contributed by atoms with Crippen LogP contribution < -0.4 is 10.6 Å². The molecule has 18 heavy (non-hydrogen) atoms. The van der Waals surface area contributed by atoms with Gasteiger partial charge in [0.25, 0.3) is 0 Å². The highest BCUT2D eigenvalue weighted by Crippen LogP contribution is 2.24. The smallest absolute Gasteiger partial charge is 0.228 e. The van der Waals surface area contributed by atoms with Crippen LogP contribution in [0.1, 0.15) is 12.8 Å². The fourth-order valence-electron chi connectivity index (χ4n) is 1.93. The summed E-state index contributed by atoms with van der Waals surface area (Å²) in [4.78, 5) is 11.9. The molecule has 1 aromatic carbocycles. The molecule has 1 amide bonds. The van der Waals surface area contributed by atoms with Crippen LogP contribution in [0.3, 0.4) is 0 Å². The molecule has 0 aromatic heterocycles. The van der Waals surface area contributed by atoms with E-state index < -0.39 is 11.6 Å². The molecule has 6 heteroatoms. The number of piperidine rings is 1. The Kier molecular flexibility index (Phi) is 4.29. The Labute approximate surface area is 112 Å². The molecule has 2 rings (SSSR count). The Bertz CT molecular complexity index is 462. The summed E-state index contributed by atoms with van der Waals surface area (Å²) in [6.07, 6.45) is 1.68. The number of hydrogen-bond acceptors (Lipinski definition) is 2. The third-order valence-electron chi connectivity index (χ3n) is 2.94. The van der Waals surface area contributed by atoms with Crippen molar-refractivity contribution in [2.45, 2.75) is 12.8 Å². The monoisotopic (exact) mass is 318 g/mol. The van der Waals surface area contributed by atoms with Gasteiger partial charge in [0.2, 0.25) is 5.91 Å². The number of halogens is 3. The van der Waals surface area contributed by atoms with Crippen LogP contribution >= 0.6 is 15.9 Å². The Hall–Kier alpha value is -1.01. The van der Waals surface area contributed by atoms with E-state index in [1.54, 1.807) is 0 Å². The second-order valence-corrected chi connectivity index (χ2v) is 5.13. The molecular weight excluding hydrogens is 306 g/mol. The number of nitrogens with one attached hydrogen (secondary N) is 2. The van der Waals surface area contributed by atoms with Crippen molar-refractivity contribution in [3.8, 4) is 0 Å². The van der Waals surface area contributed by atoms with Gasteiger partial charge < -0.3 is 10.6 Å². The van der Waals surface area contributed by atoms with Crippen LogP contribution in [0.2, 0.25) is 0 Å². The molecule has 3 nitrogen and oxygen atoms in total. The van der Waals surface area contributed by atoms with Gasteiger partial charge in [0.05, 0.1) is 16.1 Å². The lowest BCUT2D eigenvalue weighted by atomic mass is 9.99. The van der Waals surface area contributed by atoms with Crippen LogP contribution in [0.4, 0.5) is 14.5 Å². The molecule has 0 bridgehead atoms. The van der Waals surface area contributed by atoms with E-state index in [1.165, 1.54) is 0 Å². The number of hydrogen-bond donors (Lipinski definition) is 2. The molecule has 0 saturated carbocycles. The summed E-state index contributed by atoms with van der Waals surface area (Å²) in [6, 6.07) is 1.98. The minimum atomic E-state index is -0.652. The zero-order valence-electron chi connectivity index (χ0n) is 9.60. The van der Waals surface area contributed by atoms with Crippen molar-refractivity contribution in [2.75, 3.05) is 18.4 Å². The van der Waals surface area contributed by atoms with Crippen LogP contribution in [-0.2, 0) is 4.79 Å². The summed E-state index contributed by atoms with van der Waals surface area (Å²) in [5.74, 6) is -1.72. The normalized spacial score (nSPS) is 19.6. The minimum absolute atomic E-state index is 0.0392. The zero-order valence-corrected chi connectivity index (χ0v) is 11.2. The van der Waals surface area contributed by atoms with Gasteiger partial charge in [-0.25, -0.2) is 8.78 Å². The molecule has 0 radical (unpaired) electrons. The van der Waals surface area contributed by atoms with Crippen molar-refractivity contribution in [3.05, 3.63) is 28.2 Å². The third kappa shape index (κ3) is 3.05. The predicted molar refractivity (Wildman–Crippen MR) is 68.3 cm³/mol. The van der Waals surface area contributed by atoms with E-state index in [1.807, 2.05) is 0 Å². The number of amides is 1. The molecule has 1 heterocycles. The first-order chi connectivity index (χ1) is 8.58. The second kappa shape index (κ2) is 5.75. The van der Waals surface area contributed by atoms with E-state index in [2.05, 4.69) is 26.6 Å². The molecule has 1 aliphatic heterocycles. The molecule has 0 spiro atoms. The van der Waals surface area contributed by atoms with Crippen LogP contribution in [0, 0.1) is 17.6 Å². The summed E-state index contributed by atoms with van der Waals surface area (Å²) in [6.45, 7) is 1.47. The highest BCUT2D eigenvalue weighted by Gasteiger charge is 2.22. The maximum atomic E-state index is 13.5. The first-order valence-corrected chi connectivity index (χ1v) is 6.53. The lowest BCUT2D eigenvalue weighted by molar-refractivity contribution is -0.120. The van der Waals surface area contributed by atoms with Gasteiger partial charge in [0.15, 0.2) is 0 Å². The number of anilines is 1. The van der Waals surface area contributed by atoms with E-state index in [0.29, 0.717) is 6.54 Å². The highest BCUT2D eigenvalue weighted by molar-refractivity contribution is 9.10. The fraction of sp³-hybridized carbons (Fsp3) is 0.417. The zero-order chi connectivity index (χ0) is 13.1. The quantitative estimate of drug-likeness (QED) is 0.823. The van der Waals surface area contributed by atoms with Gasteiger partial charge in [-0.05, 0) is 41.4 Å². The van der Waals surface area contributed by atoms with Crippen molar-refractivity contribution in [1.29, 1.82) is 0 Å². The molecular formula is C12H13BrF2N2O. The first-order valence-electron chi connectivity index (χ1n) is 5.74.